The first-order chi connectivity index (χ1) is 10.0. The first-order valence-corrected chi connectivity index (χ1v) is 8.75. The molecule has 2 aliphatic carbocycles. The van der Waals surface area contributed by atoms with E-state index in [0.29, 0.717) is 18.2 Å². The van der Waals surface area contributed by atoms with Crippen LogP contribution in [0.4, 0.5) is 0 Å². The lowest BCUT2D eigenvalue weighted by Gasteiger charge is -2.35. The highest BCUT2D eigenvalue weighted by Crippen LogP contribution is 2.40. The van der Waals surface area contributed by atoms with Crippen LogP contribution in [0.1, 0.15) is 87.8 Å². The fourth-order valence-corrected chi connectivity index (χ4v) is 4.55. The molecule has 0 radical (unpaired) electrons. The second-order valence-electron chi connectivity index (χ2n) is 7.90. The molecule has 0 spiro atoms. The van der Waals surface area contributed by atoms with E-state index < -0.39 is 0 Å². The van der Waals surface area contributed by atoms with Gasteiger partial charge in [-0.15, -0.1) is 0 Å². The minimum absolute atomic E-state index is 0.116. The summed E-state index contributed by atoms with van der Waals surface area (Å²) in [5, 5.41) is 0. The Morgan fingerprint density at radius 3 is 2.62 bits per heavy atom. The van der Waals surface area contributed by atoms with Crippen LogP contribution in [0, 0.1) is 11.3 Å². The summed E-state index contributed by atoms with van der Waals surface area (Å²) in [5.41, 5.74) is 2.43. The van der Waals surface area contributed by atoms with E-state index in [-0.39, 0.29) is 5.41 Å². The van der Waals surface area contributed by atoms with Crippen LogP contribution in [0.3, 0.4) is 0 Å². The van der Waals surface area contributed by atoms with Crippen LogP contribution in [0.25, 0.3) is 0 Å². The Morgan fingerprint density at radius 2 is 1.95 bits per heavy atom. The van der Waals surface area contributed by atoms with E-state index in [0.717, 1.165) is 17.9 Å². The number of carbonyl (C=O) groups is 1. The van der Waals surface area contributed by atoms with Crippen molar-refractivity contribution in [1.29, 1.82) is 0 Å². The molecule has 0 N–H and O–H groups in total. The van der Waals surface area contributed by atoms with Gasteiger partial charge in [0.15, 0.2) is 5.78 Å². The van der Waals surface area contributed by atoms with Crippen LogP contribution in [0.15, 0.2) is 12.3 Å². The van der Waals surface area contributed by atoms with Gasteiger partial charge in [-0.25, -0.2) is 0 Å². The smallest absolute Gasteiger partial charge is 0.165 e. The number of aromatic nitrogens is 1. The Kier molecular flexibility index (Phi) is 3.98. The van der Waals surface area contributed by atoms with E-state index in [9.17, 15) is 4.79 Å². The molecule has 116 valence electrons. The average molecular weight is 287 g/mol. The summed E-state index contributed by atoms with van der Waals surface area (Å²) < 4.78 is 2.48. The average Bonchev–Trinajstić information content (AvgIpc) is 2.84. The third kappa shape index (κ3) is 2.82. The Morgan fingerprint density at radius 1 is 1.24 bits per heavy atom. The van der Waals surface area contributed by atoms with Crippen molar-refractivity contribution in [3.63, 3.8) is 0 Å². The summed E-state index contributed by atoms with van der Waals surface area (Å²) >= 11 is 0. The second-order valence-corrected chi connectivity index (χ2v) is 7.90. The Hall–Kier alpha value is -1.05. The number of ketones is 1. The minimum Gasteiger partial charge on any atom is -0.347 e. The van der Waals surface area contributed by atoms with E-state index in [1.54, 1.807) is 0 Å². The summed E-state index contributed by atoms with van der Waals surface area (Å²) in [4.78, 5) is 12.4. The molecule has 2 heteroatoms. The third-order valence-electron chi connectivity index (χ3n) is 5.58. The molecule has 3 rings (SSSR count). The first-order valence-electron chi connectivity index (χ1n) is 8.75. The predicted molar refractivity (Wildman–Crippen MR) is 86.8 cm³/mol. The number of nitrogens with zero attached hydrogens (tertiary/aromatic N) is 1. The molecule has 1 atom stereocenters. The molecule has 1 heterocycles. The highest BCUT2D eigenvalue weighted by molar-refractivity contribution is 5.98. The fourth-order valence-electron chi connectivity index (χ4n) is 4.55. The van der Waals surface area contributed by atoms with E-state index in [1.165, 1.54) is 44.2 Å². The van der Waals surface area contributed by atoms with Crippen molar-refractivity contribution in [3.05, 3.63) is 23.5 Å². The molecule has 1 fully saturated rings. The van der Waals surface area contributed by atoms with Gasteiger partial charge in [0, 0.05) is 29.9 Å². The fraction of sp³-hybridized carbons (Fsp3) is 0.737. The third-order valence-corrected chi connectivity index (χ3v) is 5.58. The lowest BCUT2D eigenvalue weighted by Crippen LogP contribution is -2.30. The maximum Gasteiger partial charge on any atom is 0.165 e. The molecule has 2 aliphatic rings. The van der Waals surface area contributed by atoms with Crippen LogP contribution in [-0.2, 0) is 6.42 Å². The summed E-state index contributed by atoms with van der Waals surface area (Å²) in [6, 6.07) is 2.68. The van der Waals surface area contributed by atoms with Gasteiger partial charge in [-0.2, -0.15) is 0 Å². The van der Waals surface area contributed by atoms with Crippen molar-refractivity contribution in [1.82, 2.24) is 4.57 Å². The van der Waals surface area contributed by atoms with Crippen LogP contribution in [-0.4, -0.2) is 10.4 Å². The number of hydrogen-bond acceptors (Lipinski definition) is 1. The molecule has 0 amide bonds. The van der Waals surface area contributed by atoms with Crippen molar-refractivity contribution < 1.29 is 4.79 Å². The Balaban J connectivity index is 1.93. The molecular weight excluding hydrogens is 258 g/mol. The molecule has 2 nitrogen and oxygen atoms in total. The zero-order valence-electron chi connectivity index (χ0n) is 13.8. The van der Waals surface area contributed by atoms with Crippen molar-refractivity contribution in [2.24, 2.45) is 11.3 Å². The summed E-state index contributed by atoms with van der Waals surface area (Å²) in [7, 11) is 0. The van der Waals surface area contributed by atoms with E-state index in [1.807, 2.05) is 0 Å². The summed E-state index contributed by atoms with van der Waals surface area (Å²) in [5.74, 6) is 1.15. The first kappa shape index (κ1) is 14.9. The molecule has 0 saturated heterocycles. The quantitative estimate of drug-likeness (QED) is 0.751. The van der Waals surface area contributed by atoms with Crippen LogP contribution in [0.5, 0.6) is 0 Å². The number of carbonyl (C=O) groups excluding carboxylic acids is 1. The standard InChI is InChI=1S/C19H29NO/c1-4-16(14-8-6-5-7-9-14)20-11-10-15-17(20)12-19(2,3)13-18(15)21/h10-11,14,16H,4-9,12-13H2,1-3H3. The zero-order chi connectivity index (χ0) is 15.0. The monoisotopic (exact) mass is 287 g/mol. The topological polar surface area (TPSA) is 22.0 Å². The van der Waals surface area contributed by atoms with E-state index in [4.69, 9.17) is 0 Å². The van der Waals surface area contributed by atoms with Gasteiger partial charge in [-0.1, -0.05) is 40.0 Å². The van der Waals surface area contributed by atoms with Gasteiger partial charge < -0.3 is 4.57 Å². The van der Waals surface area contributed by atoms with Crippen molar-refractivity contribution in [3.8, 4) is 0 Å². The molecule has 0 bridgehead atoms. The maximum absolute atomic E-state index is 12.4. The summed E-state index contributed by atoms with van der Waals surface area (Å²) in [6.45, 7) is 6.76. The molecular formula is C19H29NO. The second kappa shape index (κ2) is 5.62. The number of fused-ring (bicyclic) bond motifs is 1. The zero-order valence-corrected chi connectivity index (χ0v) is 13.8. The molecule has 1 saturated carbocycles. The van der Waals surface area contributed by atoms with Gasteiger partial charge in [0.1, 0.15) is 0 Å². The molecule has 0 aliphatic heterocycles. The van der Waals surface area contributed by atoms with Gasteiger partial charge in [0.05, 0.1) is 0 Å². The van der Waals surface area contributed by atoms with Crippen molar-refractivity contribution in [2.45, 2.75) is 78.2 Å². The summed E-state index contributed by atoms with van der Waals surface area (Å²) in [6.07, 6.45) is 12.0. The van der Waals surface area contributed by atoms with Crippen LogP contribution >= 0.6 is 0 Å². The highest BCUT2D eigenvalue weighted by atomic mass is 16.1. The molecule has 0 aromatic carbocycles. The largest absolute Gasteiger partial charge is 0.347 e. The normalized spacial score (nSPS) is 23.9. The molecule has 1 aromatic rings. The SMILES string of the molecule is CCC(C1CCCCC1)n1ccc2c1CC(C)(C)CC2=O. The van der Waals surface area contributed by atoms with Gasteiger partial charge in [-0.3, -0.25) is 4.79 Å². The number of Topliss-reactive ketones (excluding diaryl/α,β-unsaturated/α-hetero) is 1. The Bertz CT molecular complexity index is 520. The van der Waals surface area contributed by atoms with Crippen molar-refractivity contribution in [2.75, 3.05) is 0 Å². The number of hydrogen-bond donors (Lipinski definition) is 0. The lowest BCUT2D eigenvalue weighted by atomic mass is 9.76. The number of rotatable bonds is 3. The van der Waals surface area contributed by atoms with Gasteiger partial charge in [0.2, 0.25) is 0 Å². The van der Waals surface area contributed by atoms with E-state index >= 15 is 0 Å². The minimum atomic E-state index is 0.116. The maximum atomic E-state index is 12.4. The van der Waals surface area contributed by atoms with Crippen molar-refractivity contribution >= 4 is 5.78 Å². The Labute approximate surface area is 128 Å². The molecule has 21 heavy (non-hydrogen) atoms. The van der Waals surface area contributed by atoms with Gasteiger partial charge in [-0.05, 0) is 43.1 Å². The predicted octanol–water partition coefficient (Wildman–Crippen LogP) is 5.17. The van der Waals surface area contributed by atoms with E-state index in [2.05, 4.69) is 37.6 Å². The lowest BCUT2D eigenvalue weighted by molar-refractivity contribution is 0.0907. The highest BCUT2D eigenvalue weighted by Gasteiger charge is 2.35. The van der Waals surface area contributed by atoms with Crippen LogP contribution in [0.2, 0.25) is 0 Å². The molecule has 1 unspecified atom stereocenters. The van der Waals surface area contributed by atoms with Gasteiger partial charge >= 0.3 is 0 Å². The van der Waals surface area contributed by atoms with Crippen LogP contribution < -0.4 is 0 Å². The molecule has 1 aromatic heterocycles. The van der Waals surface area contributed by atoms with Gasteiger partial charge in [0.25, 0.3) is 0 Å².